The fourth-order valence-corrected chi connectivity index (χ4v) is 3.21. The molecule has 1 rings (SSSR count). The van der Waals surface area contributed by atoms with Gasteiger partial charge in [-0.1, -0.05) is 6.07 Å². The number of hydrogen-bond acceptors (Lipinski definition) is 15. The van der Waals surface area contributed by atoms with E-state index < -0.39 is 51.2 Å². The Kier molecular flexibility index (Phi) is 14.4. The van der Waals surface area contributed by atoms with Crippen molar-refractivity contribution >= 4 is 23.8 Å². The van der Waals surface area contributed by atoms with Gasteiger partial charge in [0.2, 0.25) is 5.91 Å². The third-order valence-electron chi connectivity index (χ3n) is 5.09. The minimum atomic E-state index is -1.89. The van der Waals surface area contributed by atoms with E-state index in [1.165, 1.54) is 25.1 Å². The highest BCUT2D eigenvalue weighted by atomic mass is 17.0. The number of carboxylic acid groups (broad SMARTS) is 1. The van der Waals surface area contributed by atoms with Gasteiger partial charge in [0.05, 0.1) is 19.8 Å². The summed E-state index contributed by atoms with van der Waals surface area (Å²) < 4.78 is 10.4. The molecule has 0 spiro atoms. The number of benzene rings is 1. The lowest BCUT2D eigenvalue weighted by atomic mass is 9.92. The van der Waals surface area contributed by atoms with Crippen LogP contribution in [0.2, 0.25) is 0 Å². The van der Waals surface area contributed by atoms with Crippen LogP contribution in [0, 0.1) is 30.3 Å². The van der Waals surface area contributed by atoms with Gasteiger partial charge in [0.25, 0.3) is 15.3 Å². The number of carboxylic acids is 1. The van der Waals surface area contributed by atoms with Crippen LogP contribution in [0.3, 0.4) is 0 Å². The second-order valence-corrected chi connectivity index (χ2v) is 8.57. The van der Waals surface area contributed by atoms with Crippen LogP contribution in [-0.4, -0.2) is 69.5 Å². The molecule has 0 aliphatic rings. The van der Waals surface area contributed by atoms with E-state index in [1.807, 2.05) is 0 Å². The molecule has 0 saturated carbocycles. The molecule has 20 nitrogen and oxygen atoms in total. The molecule has 1 amide bonds. The summed E-state index contributed by atoms with van der Waals surface area (Å²) in [4.78, 5) is 91.8. The molecule has 0 fully saturated rings. The highest BCUT2D eigenvalue weighted by Crippen LogP contribution is 2.31. The van der Waals surface area contributed by atoms with Gasteiger partial charge in [0.1, 0.15) is 5.54 Å². The van der Waals surface area contributed by atoms with Crippen LogP contribution in [0.25, 0.3) is 0 Å². The average molecular weight is 604 g/mol. The van der Waals surface area contributed by atoms with Crippen molar-refractivity contribution in [2.24, 2.45) is 0 Å². The number of aliphatic carboxylic acids is 1. The normalized spacial score (nSPS) is 11.7. The van der Waals surface area contributed by atoms with E-state index >= 15 is 0 Å². The Morgan fingerprint density at radius 3 is 1.69 bits per heavy atom. The number of carbonyl (C=O) groups is 4. The Morgan fingerprint density at radius 1 is 0.786 bits per heavy atom. The van der Waals surface area contributed by atoms with E-state index in [1.54, 1.807) is 0 Å². The standard InChI is InChI=1S/C22H28N4O16/c1-22(21(30)31,23-18(27)5-2-10-38-24(32)33)14-15-8-9-16(41-19(28)6-3-11-39-25(34)35)17(13-15)42-20(29)7-4-12-40-26(36)37/h8-9,13H,2-7,10-12,14H2,1H3,(H,23,27)(H,30,31). The molecule has 232 valence electrons. The zero-order valence-electron chi connectivity index (χ0n) is 22.2. The molecule has 20 heteroatoms. The van der Waals surface area contributed by atoms with Crippen LogP contribution in [0.1, 0.15) is 51.0 Å². The summed E-state index contributed by atoms with van der Waals surface area (Å²) in [6.45, 7) is 0.0467. The molecule has 0 radical (unpaired) electrons. The summed E-state index contributed by atoms with van der Waals surface area (Å²) >= 11 is 0. The van der Waals surface area contributed by atoms with E-state index in [9.17, 15) is 54.6 Å². The van der Waals surface area contributed by atoms with E-state index in [4.69, 9.17) is 9.47 Å². The molecule has 0 aromatic heterocycles. The number of rotatable bonds is 21. The van der Waals surface area contributed by atoms with Gasteiger partial charge in [-0.15, -0.1) is 30.3 Å². The van der Waals surface area contributed by atoms with E-state index in [-0.39, 0.29) is 75.2 Å². The first-order valence-electron chi connectivity index (χ1n) is 12.1. The van der Waals surface area contributed by atoms with Crippen LogP contribution in [-0.2, 0) is 40.1 Å². The molecule has 42 heavy (non-hydrogen) atoms. The number of hydrogen-bond donors (Lipinski definition) is 2. The molecule has 1 aromatic rings. The van der Waals surface area contributed by atoms with Crippen molar-refractivity contribution in [1.82, 2.24) is 5.32 Å². The van der Waals surface area contributed by atoms with Crippen molar-refractivity contribution in [2.45, 2.75) is 57.4 Å². The Balaban J connectivity index is 3.05. The highest BCUT2D eigenvalue weighted by Gasteiger charge is 2.35. The van der Waals surface area contributed by atoms with Gasteiger partial charge >= 0.3 is 17.9 Å². The van der Waals surface area contributed by atoms with Crippen molar-refractivity contribution in [3.8, 4) is 11.5 Å². The third kappa shape index (κ3) is 14.2. The Bertz CT molecular complexity index is 1160. The van der Waals surface area contributed by atoms with Crippen molar-refractivity contribution in [3.05, 3.63) is 54.1 Å². The Hall–Kier alpha value is -5.30. The molecule has 1 aromatic carbocycles. The van der Waals surface area contributed by atoms with Gasteiger partial charge in [-0.05, 0) is 43.9 Å². The van der Waals surface area contributed by atoms with E-state index in [2.05, 4.69) is 19.8 Å². The maximum absolute atomic E-state index is 12.3. The second-order valence-electron chi connectivity index (χ2n) is 8.57. The van der Waals surface area contributed by atoms with Gasteiger partial charge in [0, 0.05) is 25.7 Å². The number of ether oxygens (including phenoxy) is 2. The zero-order chi connectivity index (χ0) is 31.7. The lowest BCUT2D eigenvalue weighted by Gasteiger charge is -2.27. The maximum atomic E-state index is 12.3. The zero-order valence-corrected chi connectivity index (χ0v) is 22.2. The third-order valence-corrected chi connectivity index (χ3v) is 5.09. The van der Waals surface area contributed by atoms with Crippen molar-refractivity contribution < 1.29 is 63.5 Å². The van der Waals surface area contributed by atoms with Gasteiger partial charge < -0.3 is 34.4 Å². The summed E-state index contributed by atoms with van der Waals surface area (Å²) in [6.07, 6.45) is -1.51. The molecule has 0 aliphatic carbocycles. The Labute approximate surface area is 236 Å². The van der Waals surface area contributed by atoms with E-state index in [0.717, 1.165) is 0 Å². The smallest absolute Gasteiger partial charge is 0.329 e. The first-order valence-corrected chi connectivity index (χ1v) is 12.1. The molecule has 0 saturated heterocycles. The number of nitrogens with zero attached hydrogens (tertiary/aromatic N) is 3. The van der Waals surface area contributed by atoms with Crippen LogP contribution in [0.5, 0.6) is 11.5 Å². The summed E-state index contributed by atoms with van der Waals surface area (Å²) in [5.74, 6) is -4.52. The fourth-order valence-electron chi connectivity index (χ4n) is 3.21. The number of esters is 2. The number of carbonyl (C=O) groups excluding carboxylic acids is 3. The minimum Gasteiger partial charge on any atom is -0.480 e. The molecular formula is C22H28N4O16. The largest absolute Gasteiger partial charge is 0.480 e. The lowest BCUT2D eigenvalue weighted by Crippen LogP contribution is -2.53. The minimum absolute atomic E-state index is 0.0620. The van der Waals surface area contributed by atoms with Gasteiger partial charge in [-0.25, -0.2) is 4.79 Å². The number of amides is 1. The van der Waals surface area contributed by atoms with Gasteiger partial charge in [0.15, 0.2) is 11.5 Å². The quantitative estimate of drug-likeness (QED) is 0.0649. The maximum Gasteiger partial charge on any atom is 0.329 e. The van der Waals surface area contributed by atoms with Crippen molar-refractivity contribution in [3.63, 3.8) is 0 Å². The molecule has 0 aliphatic heterocycles. The second kappa shape index (κ2) is 17.4. The van der Waals surface area contributed by atoms with Crippen LogP contribution >= 0.6 is 0 Å². The molecule has 1 unspecified atom stereocenters. The van der Waals surface area contributed by atoms with Gasteiger partial charge in [-0.2, -0.15) is 0 Å². The molecular weight excluding hydrogens is 576 g/mol. The topological polar surface area (TPSA) is 276 Å². The summed E-state index contributed by atoms with van der Waals surface area (Å²) in [6, 6.07) is 3.71. The summed E-state index contributed by atoms with van der Waals surface area (Å²) in [5, 5.41) is 39.7. The van der Waals surface area contributed by atoms with Crippen molar-refractivity contribution in [1.29, 1.82) is 0 Å². The van der Waals surface area contributed by atoms with E-state index in [0.29, 0.717) is 0 Å². The monoisotopic (exact) mass is 604 g/mol. The molecule has 2 N–H and O–H groups in total. The summed E-state index contributed by atoms with van der Waals surface area (Å²) in [7, 11) is 0. The molecule has 0 bridgehead atoms. The predicted octanol–water partition coefficient (Wildman–Crippen LogP) is 0.965. The predicted molar refractivity (Wildman–Crippen MR) is 132 cm³/mol. The lowest BCUT2D eigenvalue weighted by molar-refractivity contribution is -0.757. The fraction of sp³-hybridized carbons (Fsp3) is 0.545. The van der Waals surface area contributed by atoms with Crippen LogP contribution in [0.15, 0.2) is 18.2 Å². The summed E-state index contributed by atoms with van der Waals surface area (Å²) in [5.41, 5.74) is -1.69. The van der Waals surface area contributed by atoms with Gasteiger partial charge in [-0.3, -0.25) is 14.4 Å². The van der Waals surface area contributed by atoms with Crippen LogP contribution < -0.4 is 14.8 Å². The molecule has 0 heterocycles. The number of nitrogens with one attached hydrogen (secondary N) is 1. The average Bonchev–Trinajstić information content (AvgIpc) is 2.88. The Morgan fingerprint density at radius 2 is 1.24 bits per heavy atom. The first kappa shape index (κ1) is 34.7. The van der Waals surface area contributed by atoms with Crippen molar-refractivity contribution in [2.75, 3.05) is 19.8 Å². The van der Waals surface area contributed by atoms with Crippen LogP contribution in [0.4, 0.5) is 0 Å². The first-order chi connectivity index (χ1) is 19.7. The highest BCUT2D eigenvalue weighted by molar-refractivity contribution is 5.87. The SMILES string of the molecule is CC(Cc1ccc(OC(=O)CCCO[N+](=O)[O-])c(OC(=O)CCCO[N+](=O)[O-])c1)(NC(=O)CCCO[N+](=O)[O-])C(=O)O. The molecule has 1 atom stereocenters.